The number of aromatic amines is 1. The first-order chi connectivity index (χ1) is 11.6. The molecule has 5 nitrogen and oxygen atoms in total. The van der Waals surface area contributed by atoms with Crippen molar-refractivity contribution in [2.24, 2.45) is 0 Å². The molecule has 1 aliphatic heterocycles. The molecule has 24 heavy (non-hydrogen) atoms. The molecule has 0 spiro atoms. The van der Waals surface area contributed by atoms with E-state index in [0.717, 1.165) is 29.6 Å². The van der Waals surface area contributed by atoms with Gasteiger partial charge in [0.25, 0.3) is 0 Å². The van der Waals surface area contributed by atoms with Gasteiger partial charge in [-0.25, -0.2) is 4.79 Å². The fourth-order valence-corrected chi connectivity index (χ4v) is 3.78. The van der Waals surface area contributed by atoms with Gasteiger partial charge in [0.1, 0.15) is 0 Å². The smallest absolute Gasteiger partial charge is 0.326 e. The molecule has 0 saturated heterocycles. The summed E-state index contributed by atoms with van der Waals surface area (Å²) in [6.45, 7) is 1.38. The first-order valence-electron chi connectivity index (χ1n) is 8.29. The van der Waals surface area contributed by atoms with Crippen molar-refractivity contribution in [1.29, 1.82) is 0 Å². The molecule has 0 fully saturated rings. The van der Waals surface area contributed by atoms with Crippen LogP contribution in [-0.4, -0.2) is 32.6 Å². The number of imidazole rings is 1. The fraction of sp³-hybridized carbons (Fsp3) is 0.316. The van der Waals surface area contributed by atoms with E-state index in [-0.39, 0.29) is 11.7 Å². The highest BCUT2D eigenvalue weighted by Crippen LogP contribution is 2.32. The second kappa shape index (κ2) is 5.92. The standard InChI is InChI=1S/C19H21N3O2/c1-21(12-13-6-3-2-4-7-13)16-10-11-22-17-14(18(16)23)8-5-9-15(17)20-19(22)24/h2-9,16,18,23H,10-12H2,1H3,(H,20,24). The lowest BCUT2D eigenvalue weighted by Gasteiger charge is -2.31. The van der Waals surface area contributed by atoms with Gasteiger partial charge in [-0.2, -0.15) is 0 Å². The Balaban J connectivity index is 1.69. The zero-order chi connectivity index (χ0) is 16.7. The lowest BCUT2D eigenvalue weighted by molar-refractivity contribution is 0.0547. The van der Waals surface area contributed by atoms with E-state index < -0.39 is 6.10 Å². The lowest BCUT2D eigenvalue weighted by atomic mass is 9.98. The predicted molar refractivity (Wildman–Crippen MR) is 93.8 cm³/mol. The Morgan fingerprint density at radius 2 is 2.00 bits per heavy atom. The number of likely N-dealkylation sites (N-methyl/N-ethyl adjacent to an activating group) is 1. The molecule has 124 valence electrons. The van der Waals surface area contributed by atoms with Gasteiger partial charge in [-0.15, -0.1) is 0 Å². The quantitative estimate of drug-likeness (QED) is 0.777. The number of nitrogens with zero attached hydrogens (tertiary/aromatic N) is 2. The van der Waals surface area contributed by atoms with Crippen LogP contribution in [0.4, 0.5) is 0 Å². The van der Waals surface area contributed by atoms with Crippen molar-refractivity contribution in [3.05, 3.63) is 70.1 Å². The monoisotopic (exact) mass is 323 g/mol. The molecular weight excluding hydrogens is 302 g/mol. The molecular formula is C19H21N3O2. The van der Waals surface area contributed by atoms with Crippen molar-refractivity contribution < 1.29 is 5.11 Å². The number of hydrogen-bond donors (Lipinski definition) is 2. The summed E-state index contributed by atoms with van der Waals surface area (Å²) in [6.07, 6.45) is 0.109. The molecule has 2 N–H and O–H groups in total. The van der Waals surface area contributed by atoms with Crippen LogP contribution in [0.1, 0.15) is 23.7 Å². The number of rotatable bonds is 3. The normalized spacial score (nSPS) is 20.5. The maximum Gasteiger partial charge on any atom is 0.326 e. The van der Waals surface area contributed by atoms with Crippen molar-refractivity contribution in [2.75, 3.05) is 7.05 Å². The molecule has 2 aromatic carbocycles. The molecule has 0 aliphatic carbocycles. The van der Waals surface area contributed by atoms with Gasteiger partial charge in [0.2, 0.25) is 0 Å². The molecule has 2 atom stereocenters. The van der Waals surface area contributed by atoms with Gasteiger partial charge in [-0.1, -0.05) is 42.5 Å². The summed E-state index contributed by atoms with van der Waals surface area (Å²) in [5, 5.41) is 11.0. The number of nitrogens with one attached hydrogen (secondary N) is 1. The van der Waals surface area contributed by atoms with Gasteiger partial charge < -0.3 is 10.1 Å². The van der Waals surface area contributed by atoms with Gasteiger partial charge in [-0.05, 0) is 25.1 Å². The SMILES string of the molecule is CN(Cc1ccccc1)C1CCn2c(=O)[nH]c3cccc(c32)C1O. The molecule has 4 rings (SSSR count). The topological polar surface area (TPSA) is 61.3 Å². The average Bonchev–Trinajstić information content (AvgIpc) is 2.82. The second-order valence-corrected chi connectivity index (χ2v) is 6.53. The van der Waals surface area contributed by atoms with Crippen LogP contribution in [0.2, 0.25) is 0 Å². The van der Waals surface area contributed by atoms with E-state index in [1.54, 1.807) is 4.57 Å². The summed E-state index contributed by atoms with van der Waals surface area (Å²) in [6, 6.07) is 15.9. The van der Waals surface area contributed by atoms with Crippen LogP contribution < -0.4 is 5.69 Å². The maximum absolute atomic E-state index is 12.2. The summed E-state index contributed by atoms with van der Waals surface area (Å²) < 4.78 is 1.75. The lowest BCUT2D eigenvalue weighted by Crippen LogP contribution is -2.36. The van der Waals surface area contributed by atoms with Crippen LogP contribution in [-0.2, 0) is 13.1 Å². The number of aliphatic hydroxyl groups excluding tert-OH is 1. The average molecular weight is 323 g/mol. The van der Waals surface area contributed by atoms with E-state index in [0.29, 0.717) is 6.54 Å². The van der Waals surface area contributed by atoms with Gasteiger partial charge in [-0.3, -0.25) is 9.47 Å². The minimum Gasteiger partial charge on any atom is -0.387 e. The highest BCUT2D eigenvalue weighted by molar-refractivity contribution is 5.79. The second-order valence-electron chi connectivity index (χ2n) is 6.53. The van der Waals surface area contributed by atoms with Crippen LogP contribution in [0.3, 0.4) is 0 Å². The highest BCUT2D eigenvalue weighted by Gasteiger charge is 2.30. The largest absolute Gasteiger partial charge is 0.387 e. The van der Waals surface area contributed by atoms with E-state index in [1.165, 1.54) is 5.56 Å². The number of hydrogen-bond acceptors (Lipinski definition) is 3. The number of aromatic nitrogens is 2. The Bertz CT molecular complexity index is 913. The summed E-state index contributed by atoms with van der Waals surface area (Å²) in [7, 11) is 2.03. The van der Waals surface area contributed by atoms with Crippen molar-refractivity contribution in [3.8, 4) is 0 Å². The minimum absolute atomic E-state index is 0.0323. The molecule has 0 amide bonds. The minimum atomic E-state index is -0.619. The van der Waals surface area contributed by atoms with Gasteiger partial charge in [0.15, 0.2) is 0 Å². The van der Waals surface area contributed by atoms with E-state index in [1.807, 2.05) is 43.4 Å². The first kappa shape index (κ1) is 15.2. The molecule has 3 aromatic rings. The summed E-state index contributed by atoms with van der Waals surface area (Å²) >= 11 is 0. The van der Waals surface area contributed by atoms with Gasteiger partial charge in [0.05, 0.1) is 17.1 Å². The summed E-state index contributed by atoms with van der Waals surface area (Å²) in [5.74, 6) is 0. The molecule has 2 heterocycles. The fourth-order valence-electron chi connectivity index (χ4n) is 3.78. The van der Waals surface area contributed by atoms with E-state index in [4.69, 9.17) is 0 Å². The number of aryl methyl sites for hydroxylation is 1. The Morgan fingerprint density at radius 3 is 2.79 bits per heavy atom. The van der Waals surface area contributed by atoms with Crippen LogP contribution in [0.5, 0.6) is 0 Å². The van der Waals surface area contributed by atoms with Gasteiger partial charge >= 0.3 is 5.69 Å². The number of aliphatic hydroxyl groups is 1. The Kier molecular flexibility index (Phi) is 3.75. The van der Waals surface area contributed by atoms with E-state index >= 15 is 0 Å². The third-order valence-corrected chi connectivity index (χ3v) is 5.00. The van der Waals surface area contributed by atoms with E-state index in [9.17, 15) is 9.90 Å². The van der Waals surface area contributed by atoms with E-state index in [2.05, 4.69) is 22.0 Å². The van der Waals surface area contributed by atoms with Crippen molar-refractivity contribution in [3.63, 3.8) is 0 Å². The Morgan fingerprint density at radius 1 is 1.21 bits per heavy atom. The molecule has 1 aromatic heterocycles. The molecule has 0 saturated carbocycles. The predicted octanol–water partition coefficient (Wildman–Crippen LogP) is 2.27. The van der Waals surface area contributed by atoms with Crippen LogP contribution >= 0.6 is 0 Å². The Hall–Kier alpha value is -2.37. The van der Waals surface area contributed by atoms with Crippen LogP contribution in [0.15, 0.2) is 53.3 Å². The maximum atomic E-state index is 12.2. The van der Waals surface area contributed by atoms with Crippen molar-refractivity contribution in [2.45, 2.75) is 31.7 Å². The first-order valence-corrected chi connectivity index (χ1v) is 8.29. The third-order valence-electron chi connectivity index (χ3n) is 5.00. The van der Waals surface area contributed by atoms with Crippen molar-refractivity contribution in [1.82, 2.24) is 14.5 Å². The molecule has 2 unspecified atom stereocenters. The number of benzene rings is 2. The highest BCUT2D eigenvalue weighted by atomic mass is 16.3. The number of H-pyrrole nitrogens is 1. The van der Waals surface area contributed by atoms with Crippen LogP contribution in [0.25, 0.3) is 11.0 Å². The van der Waals surface area contributed by atoms with Crippen LogP contribution in [0, 0.1) is 0 Å². The van der Waals surface area contributed by atoms with Gasteiger partial charge in [0, 0.05) is 24.7 Å². The zero-order valence-corrected chi connectivity index (χ0v) is 13.6. The molecule has 1 aliphatic rings. The number of para-hydroxylation sites is 1. The molecule has 0 radical (unpaired) electrons. The third kappa shape index (κ3) is 2.46. The zero-order valence-electron chi connectivity index (χ0n) is 13.6. The summed E-state index contributed by atoms with van der Waals surface area (Å²) in [5.41, 5.74) is 3.57. The Labute approximate surface area is 140 Å². The molecule has 5 heteroatoms. The van der Waals surface area contributed by atoms with Crippen molar-refractivity contribution >= 4 is 11.0 Å². The molecule has 0 bridgehead atoms. The summed E-state index contributed by atoms with van der Waals surface area (Å²) in [4.78, 5) is 17.2.